The standard InChI is InChI=1S/C11H13N3O4/c1-5-8-6(4-17-10(8)15)18-9(5)14-3-2-7(12)13-11(14)16/h2-3,5-6,8-9H,4H2,1H3,(H2,12,13,16). The topological polar surface area (TPSA) is 96.4 Å². The number of nitrogens with zero attached hydrogens (tertiary/aromatic N) is 2. The molecule has 1 aromatic rings. The van der Waals surface area contributed by atoms with Gasteiger partial charge in [0.05, 0.1) is 5.92 Å². The van der Waals surface area contributed by atoms with Crippen LogP contribution in [0.3, 0.4) is 0 Å². The zero-order valence-corrected chi connectivity index (χ0v) is 9.78. The fraction of sp³-hybridized carbons (Fsp3) is 0.545. The molecule has 7 nitrogen and oxygen atoms in total. The molecule has 1 aromatic heterocycles. The average Bonchev–Trinajstić information content (AvgIpc) is 2.82. The number of carbonyl (C=O) groups is 1. The molecule has 0 bridgehead atoms. The lowest BCUT2D eigenvalue weighted by atomic mass is 9.93. The van der Waals surface area contributed by atoms with Gasteiger partial charge in [0.15, 0.2) is 0 Å². The summed E-state index contributed by atoms with van der Waals surface area (Å²) in [6.45, 7) is 2.12. The van der Waals surface area contributed by atoms with Crippen molar-refractivity contribution in [1.29, 1.82) is 0 Å². The highest BCUT2D eigenvalue weighted by Gasteiger charge is 2.52. The molecule has 3 rings (SSSR count). The van der Waals surface area contributed by atoms with Crippen molar-refractivity contribution in [3.05, 3.63) is 22.7 Å². The Morgan fingerprint density at radius 3 is 2.94 bits per heavy atom. The number of nitrogens with two attached hydrogens (primary N) is 1. The highest BCUT2D eigenvalue weighted by atomic mass is 16.6. The van der Waals surface area contributed by atoms with Crippen molar-refractivity contribution in [2.45, 2.75) is 19.3 Å². The van der Waals surface area contributed by atoms with Gasteiger partial charge in [-0.05, 0) is 6.07 Å². The van der Waals surface area contributed by atoms with Gasteiger partial charge in [0.25, 0.3) is 0 Å². The molecule has 0 aromatic carbocycles. The molecule has 2 saturated heterocycles. The maximum absolute atomic E-state index is 11.7. The maximum atomic E-state index is 11.7. The Morgan fingerprint density at radius 2 is 2.28 bits per heavy atom. The van der Waals surface area contributed by atoms with Crippen LogP contribution in [0.2, 0.25) is 0 Å². The molecule has 2 N–H and O–H groups in total. The molecule has 0 saturated carbocycles. The Balaban J connectivity index is 1.95. The summed E-state index contributed by atoms with van der Waals surface area (Å²) >= 11 is 0. The number of ether oxygens (including phenoxy) is 2. The first-order valence-electron chi connectivity index (χ1n) is 5.74. The molecule has 0 amide bonds. The Labute approximate surface area is 103 Å². The minimum Gasteiger partial charge on any atom is -0.463 e. The number of hydrogen-bond acceptors (Lipinski definition) is 6. The van der Waals surface area contributed by atoms with E-state index in [1.807, 2.05) is 6.92 Å². The number of rotatable bonds is 1. The highest BCUT2D eigenvalue weighted by molar-refractivity contribution is 5.76. The fourth-order valence-electron chi connectivity index (χ4n) is 2.61. The van der Waals surface area contributed by atoms with E-state index >= 15 is 0 Å². The number of cyclic esters (lactones) is 1. The quantitative estimate of drug-likeness (QED) is 0.678. The molecule has 0 radical (unpaired) electrons. The largest absolute Gasteiger partial charge is 0.463 e. The van der Waals surface area contributed by atoms with E-state index < -0.39 is 11.9 Å². The highest BCUT2D eigenvalue weighted by Crippen LogP contribution is 2.42. The summed E-state index contributed by atoms with van der Waals surface area (Å²) in [5.41, 5.74) is 4.96. The number of nitrogen functional groups attached to an aromatic ring is 1. The lowest BCUT2D eigenvalue weighted by Crippen LogP contribution is -2.31. The second-order valence-electron chi connectivity index (χ2n) is 4.62. The van der Waals surface area contributed by atoms with E-state index in [-0.39, 0.29) is 36.3 Å². The zero-order valence-electron chi connectivity index (χ0n) is 9.78. The van der Waals surface area contributed by atoms with Gasteiger partial charge < -0.3 is 15.2 Å². The van der Waals surface area contributed by atoms with Crippen LogP contribution in [0, 0.1) is 11.8 Å². The minimum absolute atomic E-state index is 0.131. The van der Waals surface area contributed by atoms with Gasteiger partial charge in [0.2, 0.25) is 0 Å². The van der Waals surface area contributed by atoms with Crippen LogP contribution in [0.25, 0.3) is 0 Å². The van der Waals surface area contributed by atoms with Crippen LogP contribution in [0.1, 0.15) is 13.2 Å². The van der Waals surface area contributed by atoms with E-state index in [4.69, 9.17) is 15.2 Å². The first kappa shape index (κ1) is 11.2. The predicted molar refractivity (Wildman–Crippen MR) is 60.4 cm³/mol. The molecule has 4 atom stereocenters. The van der Waals surface area contributed by atoms with Crippen molar-refractivity contribution >= 4 is 11.8 Å². The molecular weight excluding hydrogens is 238 g/mol. The van der Waals surface area contributed by atoms with Crippen molar-refractivity contribution in [3.8, 4) is 0 Å². The summed E-state index contributed by atoms with van der Waals surface area (Å²) < 4.78 is 12.0. The van der Waals surface area contributed by atoms with Gasteiger partial charge in [-0.15, -0.1) is 0 Å². The molecule has 2 aliphatic heterocycles. The number of esters is 1. The summed E-state index contributed by atoms with van der Waals surface area (Å²) in [5, 5.41) is 0. The smallest absolute Gasteiger partial charge is 0.351 e. The van der Waals surface area contributed by atoms with Gasteiger partial charge in [-0.2, -0.15) is 4.98 Å². The van der Waals surface area contributed by atoms with Gasteiger partial charge in [0, 0.05) is 12.1 Å². The van der Waals surface area contributed by atoms with E-state index in [1.54, 1.807) is 0 Å². The van der Waals surface area contributed by atoms with Gasteiger partial charge in [-0.3, -0.25) is 9.36 Å². The van der Waals surface area contributed by atoms with Crippen LogP contribution < -0.4 is 11.4 Å². The number of anilines is 1. The van der Waals surface area contributed by atoms with Crippen molar-refractivity contribution in [3.63, 3.8) is 0 Å². The van der Waals surface area contributed by atoms with Crippen LogP contribution in [0.4, 0.5) is 5.82 Å². The molecule has 2 fully saturated rings. The lowest BCUT2D eigenvalue weighted by Gasteiger charge is -2.19. The summed E-state index contributed by atoms with van der Waals surface area (Å²) in [7, 11) is 0. The third kappa shape index (κ3) is 1.51. The van der Waals surface area contributed by atoms with Gasteiger partial charge in [-0.25, -0.2) is 4.79 Å². The Bertz CT molecular complexity index is 555. The Morgan fingerprint density at radius 1 is 1.50 bits per heavy atom. The average molecular weight is 251 g/mol. The normalized spacial score (nSPS) is 34.4. The molecule has 0 aliphatic carbocycles. The van der Waals surface area contributed by atoms with E-state index in [2.05, 4.69) is 4.98 Å². The minimum atomic E-state index is -0.492. The van der Waals surface area contributed by atoms with Crippen LogP contribution >= 0.6 is 0 Å². The Hall–Kier alpha value is -1.89. The van der Waals surface area contributed by atoms with Crippen LogP contribution in [0.5, 0.6) is 0 Å². The second-order valence-corrected chi connectivity index (χ2v) is 4.62. The first-order valence-corrected chi connectivity index (χ1v) is 5.74. The van der Waals surface area contributed by atoms with Crippen LogP contribution in [-0.2, 0) is 14.3 Å². The molecule has 3 heterocycles. The molecule has 0 spiro atoms. The molecular formula is C11H13N3O4. The number of aromatic nitrogens is 2. The van der Waals surface area contributed by atoms with Crippen molar-refractivity contribution in [2.24, 2.45) is 11.8 Å². The maximum Gasteiger partial charge on any atom is 0.351 e. The lowest BCUT2D eigenvalue weighted by molar-refractivity contribution is -0.143. The molecule has 2 aliphatic rings. The van der Waals surface area contributed by atoms with E-state index in [0.29, 0.717) is 0 Å². The number of hydrogen-bond donors (Lipinski definition) is 1. The second kappa shape index (κ2) is 3.81. The molecule has 4 unspecified atom stereocenters. The van der Waals surface area contributed by atoms with Gasteiger partial charge in [-0.1, -0.05) is 6.92 Å². The molecule has 18 heavy (non-hydrogen) atoms. The van der Waals surface area contributed by atoms with Crippen LogP contribution in [0.15, 0.2) is 17.1 Å². The third-order valence-electron chi connectivity index (χ3n) is 3.52. The predicted octanol–water partition coefficient (Wildman–Crippen LogP) is -0.468. The van der Waals surface area contributed by atoms with Gasteiger partial charge in [0.1, 0.15) is 24.8 Å². The number of carbonyl (C=O) groups excluding carboxylic acids is 1. The zero-order chi connectivity index (χ0) is 12.9. The van der Waals surface area contributed by atoms with E-state index in [0.717, 1.165) is 0 Å². The van der Waals surface area contributed by atoms with Gasteiger partial charge >= 0.3 is 11.7 Å². The first-order chi connectivity index (χ1) is 8.58. The van der Waals surface area contributed by atoms with Crippen LogP contribution in [-0.4, -0.2) is 28.2 Å². The summed E-state index contributed by atoms with van der Waals surface area (Å²) in [4.78, 5) is 27.0. The van der Waals surface area contributed by atoms with Crippen molar-refractivity contribution in [1.82, 2.24) is 9.55 Å². The van der Waals surface area contributed by atoms with Crippen molar-refractivity contribution in [2.75, 3.05) is 12.3 Å². The van der Waals surface area contributed by atoms with E-state index in [9.17, 15) is 9.59 Å². The Kier molecular flexibility index (Phi) is 2.37. The third-order valence-corrected chi connectivity index (χ3v) is 3.52. The fourth-order valence-corrected chi connectivity index (χ4v) is 2.61. The number of fused-ring (bicyclic) bond motifs is 1. The molecule has 7 heteroatoms. The van der Waals surface area contributed by atoms with Crippen molar-refractivity contribution < 1.29 is 14.3 Å². The molecule has 96 valence electrons. The SMILES string of the molecule is CC1C2C(=O)OCC2OC1n1ccc(N)nc1=O. The summed E-state index contributed by atoms with van der Waals surface area (Å²) in [6.07, 6.45) is 0.772. The van der Waals surface area contributed by atoms with E-state index in [1.165, 1.54) is 16.8 Å². The summed E-state index contributed by atoms with van der Waals surface area (Å²) in [5.74, 6) is -0.527. The summed E-state index contributed by atoms with van der Waals surface area (Å²) in [6, 6.07) is 1.53. The monoisotopic (exact) mass is 251 g/mol.